The van der Waals surface area contributed by atoms with Crippen LogP contribution in [-0.2, 0) is 13.6 Å². The molecule has 2 aromatic carbocycles. The molecule has 3 N–H and O–H groups in total. The molecule has 2 aliphatic rings. The summed E-state index contributed by atoms with van der Waals surface area (Å²) >= 11 is 6.45. The van der Waals surface area contributed by atoms with Crippen molar-refractivity contribution in [1.82, 2.24) is 20.0 Å². The van der Waals surface area contributed by atoms with Crippen LogP contribution >= 0.6 is 11.6 Å². The summed E-state index contributed by atoms with van der Waals surface area (Å²) in [5.74, 6) is -0.649. The van der Waals surface area contributed by atoms with Gasteiger partial charge in [0.25, 0.3) is 5.56 Å². The van der Waals surface area contributed by atoms with Gasteiger partial charge < -0.3 is 10.6 Å². The fraction of sp³-hybridized carbons (Fsp3) is 0.308. The van der Waals surface area contributed by atoms with Crippen molar-refractivity contribution in [3.8, 4) is 22.4 Å². The van der Waals surface area contributed by atoms with Crippen molar-refractivity contribution in [3.05, 3.63) is 68.8 Å². The first-order chi connectivity index (χ1) is 17.4. The van der Waals surface area contributed by atoms with Gasteiger partial charge in [-0.2, -0.15) is 10.2 Å². The second-order valence-corrected chi connectivity index (χ2v) is 9.80. The van der Waals surface area contributed by atoms with Crippen molar-refractivity contribution in [3.63, 3.8) is 0 Å². The van der Waals surface area contributed by atoms with Crippen molar-refractivity contribution in [2.45, 2.75) is 44.3 Å². The van der Waals surface area contributed by atoms with Gasteiger partial charge >= 0.3 is 0 Å². The minimum absolute atomic E-state index is 0.0227. The number of hydrogen-bond donors (Lipinski definition) is 2. The molecule has 4 heterocycles. The monoisotopic (exact) mass is 503 g/mol. The van der Waals surface area contributed by atoms with E-state index in [0.717, 1.165) is 25.7 Å². The molecule has 0 spiro atoms. The summed E-state index contributed by atoms with van der Waals surface area (Å²) in [6, 6.07) is 7.57. The maximum absolute atomic E-state index is 15.8. The summed E-state index contributed by atoms with van der Waals surface area (Å²) in [5.41, 5.74) is 8.89. The highest BCUT2D eigenvalue weighted by Crippen LogP contribution is 2.51. The lowest BCUT2D eigenvalue weighted by atomic mass is 9.96. The van der Waals surface area contributed by atoms with Crippen LogP contribution < -0.4 is 16.2 Å². The molecule has 0 saturated carbocycles. The van der Waals surface area contributed by atoms with E-state index >= 15 is 4.39 Å². The van der Waals surface area contributed by atoms with Crippen LogP contribution in [0.1, 0.15) is 31.4 Å². The molecular weight excluding hydrogens is 481 g/mol. The standard InChI is InChI=1S/C26H23ClFN7O/c1-30-24-21(35-14-4-5-15(35)7-6-14)10-19(27)23(28)22(24)25-18(12-31-34(25)2)13-3-8-16-17(9-13)20(11-29)32-33-26(16)36/h3,8-10,12,14-15H,4-7,11,29H2,2H3,(H,33,36). The van der Waals surface area contributed by atoms with Crippen LogP contribution in [0, 0.1) is 12.4 Å². The zero-order chi connectivity index (χ0) is 25.1. The van der Waals surface area contributed by atoms with Crippen molar-refractivity contribution in [1.29, 1.82) is 0 Å². The van der Waals surface area contributed by atoms with Crippen LogP contribution in [0.15, 0.2) is 35.3 Å². The highest BCUT2D eigenvalue weighted by Gasteiger charge is 2.41. The third kappa shape index (κ3) is 3.25. The van der Waals surface area contributed by atoms with E-state index in [2.05, 4.69) is 25.0 Å². The second-order valence-electron chi connectivity index (χ2n) is 9.39. The molecule has 0 atom stereocenters. The Morgan fingerprint density at radius 1 is 1.22 bits per heavy atom. The number of hydrogen-bond acceptors (Lipinski definition) is 5. The zero-order valence-corrected chi connectivity index (χ0v) is 20.3. The van der Waals surface area contributed by atoms with Crippen LogP contribution in [0.2, 0.25) is 5.02 Å². The fourth-order valence-corrected chi connectivity index (χ4v) is 6.12. The summed E-state index contributed by atoms with van der Waals surface area (Å²) in [7, 11) is 1.71. The molecule has 0 amide bonds. The molecule has 0 radical (unpaired) electrons. The van der Waals surface area contributed by atoms with E-state index in [1.807, 2.05) is 6.07 Å². The molecule has 0 unspecified atom stereocenters. The van der Waals surface area contributed by atoms with E-state index in [1.54, 1.807) is 36.1 Å². The van der Waals surface area contributed by atoms with E-state index in [1.165, 1.54) is 0 Å². The van der Waals surface area contributed by atoms with Gasteiger partial charge in [-0.3, -0.25) is 9.48 Å². The number of aromatic amines is 1. The van der Waals surface area contributed by atoms with Crippen molar-refractivity contribution in [2.24, 2.45) is 12.8 Å². The maximum atomic E-state index is 15.8. The Morgan fingerprint density at radius 2 is 1.94 bits per heavy atom. The van der Waals surface area contributed by atoms with Gasteiger partial charge in [-0.15, -0.1) is 0 Å². The van der Waals surface area contributed by atoms with Crippen LogP contribution in [0.4, 0.5) is 15.8 Å². The SMILES string of the molecule is [C-]#[N+]c1c(N2C3CCC2CC3)cc(Cl)c(F)c1-c1c(-c2ccc3c(=O)[nH]nc(CN)c3c2)cnn1C. The molecule has 2 bridgehead atoms. The highest BCUT2D eigenvalue weighted by atomic mass is 35.5. The maximum Gasteiger partial charge on any atom is 0.272 e. The number of rotatable bonds is 4. The Hall–Kier alpha value is -3.74. The van der Waals surface area contributed by atoms with E-state index in [9.17, 15) is 4.79 Å². The minimum Gasteiger partial charge on any atom is -0.374 e. The number of halogens is 2. The topological polar surface area (TPSA) is 97.2 Å². The summed E-state index contributed by atoms with van der Waals surface area (Å²) in [6.45, 7) is 8.18. The number of aromatic nitrogens is 4. The molecule has 2 fully saturated rings. The predicted octanol–water partition coefficient (Wildman–Crippen LogP) is 4.92. The van der Waals surface area contributed by atoms with Crippen LogP contribution in [0.3, 0.4) is 0 Å². The third-order valence-electron chi connectivity index (χ3n) is 7.56. The first-order valence-corrected chi connectivity index (χ1v) is 12.2. The van der Waals surface area contributed by atoms with Gasteiger partial charge in [-0.05, 0) is 49.4 Å². The van der Waals surface area contributed by atoms with E-state index in [0.29, 0.717) is 51.1 Å². The van der Waals surface area contributed by atoms with Crippen molar-refractivity contribution >= 4 is 33.7 Å². The molecule has 10 heteroatoms. The molecule has 2 saturated heterocycles. The van der Waals surface area contributed by atoms with Gasteiger partial charge in [-0.25, -0.2) is 14.3 Å². The average molecular weight is 504 g/mol. The van der Waals surface area contributed by atoms with E-state index in [4.69, 9.17) is 23.9 Å². The van der Waals surface area contributed by atoms with Crippen LogP contribution in [-0.4, -0.2) is 32.1 Å². The lowest BCUT2D eigenvalue weighted by Gasteiger charge is -2.27. The van der Waals surface area contributed by atoms with Crippen molar-refractivity contribution in [2.75, 3.05) is 4.90 Å². The molecule has 182 valence electrons. The van der Waals surface area contributed by atoms with Gasteiger partial charge in [0, 0.05) is 47.9 Å². The van der Waals surface area contributed by atoms with Gasteiger partial charge in [0.1, 0.15) is 5.82 Å². The first kappa shape index (κ1) is 22.7. The van der Waals surface area contributed by atoms with Crippen molar-refractivity contribution < 1.29 is 4.39 Å². The summed E-state index contributed by atoms with van der Waals surface area (Å²) in [5, 5.41) is 12.0. The Labute approximate surface area is 211 Å². The molecule has 2 aliphatic heterocycles. The molecular formula is C26H23ClFN7O. The highest BCUT2D eigenvalue weighted by molar-refractivity contribution is 6.31. The predicted molar refractivity (Wildman–Crippen MR) is 138 cm³/mol. The summed E-state index contributed by atoms with van der Waals surface area (Å²) in [4.78, 5) is 18.4. The number of nitrogens with two attached hydrogens (primary N) is 1. The Balaban J connectivity index is 1.60. The number of aryl methyl sites for hydroxylation is 1. The second kappa shape index (κ2) is 8.43. The zero-order valence-electron chi connectivity index (χ0n) is 19.6. The van der Waals surface area contributed by atoms with Gasteiger partial charge in [0.15, 0.2) is 0 Å². The lowest BCUT2D eigenvalue weighted by molar-refractivity contribution is 0.576. The number of anilines is 1. The lowest BCUT2D eigenvalue weighted by Crippen LogP contribution is -2.28. The van der Waals surface area contributed by atoms with Gasteiger partial charge in [-0.1, -0.05) is 17.7 Å². The molecule has 0 aliphatic carbocycles. The molecule has 36 heavy (non-hydrogen) atoms. The summed E-state index contributed by atoms with van der Waals surface area (Å²) < 4.78 is 17.3. The number of fused-ring (bicyclic) bond motifs is 3. The normalized spacial score (nSPS) is 18.8. The Kier molecular flexibility index (Phi) is 5.32. The van der Waals surface area contributed by atoms with Crippen LogP contribution in [0.25, 0.3) is 38.0 Å². The molecule has 2 aromatic heterocycles. The Bertz CT molecular complexity index is 1620. The number of nitrogens with one attached hydrogen (secondary N) is 1. The quantitative estimate of drug-likeness (QED) is 0.385. The Morgan fingerprint density at radius 3 is 2.61 bits per heavy atom. The largest absolute Gasteiger partial charge is 0.374 e. The van der Waals surface area contributed by atoms with Crippen LogP contribution in [0.5, 0.6) is 0 Å². The molecule has 6 rings (SSSR count). The van der Waals surface area contributed by atoms with E-state index < -0.39 is 5.82 Å². The molecule has 4 aromatic rings. The smallest absolute Gasteiger partial charge is 0.272 e. The van der Waals surface area contributed by atoms with Gasteiger partial charge in [0.2, 0.25) is 5.69 Å². The third-order valence-corrected chi connectivity index (χ3v) is 7.84. The number of H-pyrrole nitrogens is 1. The number of nitrogens with zero attached hydrogens (tertiary/aromatic N) is 5. The number of benzene rings is 2. The van der Waals surface area contributed by atoms with E-state index in [-0.39, 0.29) is 28.4 Å². The fourth-order valence-electron chi connectivity index (χ4n) is 5.92. The average Bonchev–Trinajstić information content (AvgIpc) is 3.60. The van der Waals surface area contributed by atoms with Gasteiger partial charge in [0.05, 0.1) is 34.6 Å². The first-order valence-electron chi connectivity index (χ1n) is 11.8. The molecule has 8 nitrogen and oxygen atoms in total. The minimum atomic E-state index is -0.649. The summed E-state index contributed by atoms with van der Waals surface area (Å²) in [6.07, 6.45) is 5.90.